The van der Waals surface area contributed by atoms with Crippen molar-refractivity contribution in [1.29, 1.82) is 0 Å². The Bertz CT molecular complexity index is 562. The number of nitrogens with zero attached hydrogens (tertiary/aromatic N) is 2. The fourth-order valence-corrected chi connectivity index (χ4v) is 2.64. The molecule has 2 aromatic rings. The number of hydrogen-bond donors (Lipinski definition) is 1. The van der Waals surface area contributed by atoms with E-state index in [1.807, 2.05) is 18.2 Å². The third-order valence-corrected chi connectivity index (χ3v) is 4.05. The van der Waals surface area contributed by atoms with Crippen LogP contribution >= 0.6 is 11.6 Å². The summed E-state index contributed by atoms with van der Waals surface area (Å²) in [5.74, 6) is 1.37. The van der Waals surface area contributed by atoms with Gasteiger partial charge in [-0.05, 0) is 24.5 Å². The minimum atomic E-state index is -0.0417. The van der Waals surface area contributed by atoms with Gasteiger partial charge in [0.15, 0.2) is 0 Å². The average Bonchev–Trinajstić information content (AvgIpc) is 2.77. The van der Waals surface area contributed by atoms with Crippen molar-refractivity contribution in [1.82, 2.24) is 9.55 Å². The van der Waals surface area contributed by atoms with Gasteiger partial charge in [-0.2, -0.15) is 0 Å². The van der Waals surface area contributed by atoms with Crippen molar-refractivity contribution in [2.75, 3.05) is 0 Å². The number of halogens is 1. The largest absolute Gasteiger partial charge is 0.325 e. The van der Waals surface area contributed by atoms with Crippen LogP contribution in [0.25, 0.3) is 11.0 Å². The van der Waals surface area contributed by atoms with Gasteiger partial charge < -0.3 is 10.3 Å². The maximum atomic E-state index is 6.37. The van der Waals surface area contributed by atoms with E-state index in [2.05, 4.69) is 25.3 Å². The first-order chi connectivity index (χ1) is 9.10. The molecule has 0 saturated heterocycles. The molecule has 0 amide bonds. The van der Waals surface area contributed by atoms with Gasteiger partial charge in [-0.15, -0.1) is 0 Å². The first-order valence-electron chi connectivity index (χ1n) is 7.00. The molecule has 0 aliphatic carbocycles. The number of hydrogen-bond acceptors (Lipinski definition) is 2. The van der Waals surface area contributed by atoms with Crippen LogP contribution in [-0.4, -0.2) is 9.55 Å². The molecule has 1 heterocycles. The van der Waals surface area contributed by atoms with Crippen molar-refractivity contribution in [3.8, 4) is 0 Å². The zero-order valence-electron chi connectivity index (χ0n) is 11.9. The molecule has 3 nitrogen and oxygen atoms in total. The Labute approximate surface area is 119 Å². The summed E-state index contributed by atoms with van der Waals surface area (Å²) in [6.07, 6.45) is 2.08. The highest BCUT2D eigenvalue weighted by atomic mass is 35.5. The summed E-state index contributed by atoms with van der Waals surface area (Å²) >= 11 is 6.33. The van der Waals surface area contributed by atoms with E-state index in [-0.39, 0.29) is 6.04 Å². The van der Waals surface area contributed by atoms with Gasteiger partial charge in [0.2, 0.25) is 0 Å². The average molecular weight is 280 g/mol. The number of nitrogens with two attached hydrogens (primary N) is 1. The number of aryl methyl sites for hydroxylation is 1. The maximum absolute atomic E-state index is 6.37. The van der Waals surface area contributed by atoms with Gasteiger partial charge in [-0.3, -0.25) is 0 Å². The van der Waals surface area contributed by atoms with Gasteiger partial charge in [0.1, 0.15) is 5.82 Å². The van der Waals surface area contributed by atoms with Crippen molar-refractivity contribution in [2.24, 2.45) is 11.7 Å². The molecule has 2 N–H and O–H groups in total. The summed E-state index contributed by atoms with van der Waals surface area (Å²) in [6, 6.07) is 5.81. The molecule has 104 valence electrons. The summed E-state index contributed by atoms with van der Waals surface area (Å²) < 4.78 is 2.19. The van der Waals surface area contributed by atoms with E-state index in [9.17, 15) is 0 Å². The lowest BCUT2D eigenvalue weighted by Gasteiger charge is -2.19. The van der Waals surface area contributed by atoms with Crippen molar-refractivity contribution < 1.29 is 0 Å². The second-order valence-corrected chi connectivity index (χ2v) is 5.55. The lowest BCUT2D eigenvalue weighted by atomic mass is 9.99. The number of para-hydroxylation sites is 1. The highest BCUT2D eigenvalue weighted by Crippen LogP contribution is 2.29. The lowest BCUT2D eigenvalue weighted by molar-refractivity contribution is 0.424. The maximum Gasteiger partial charge on any atom is 0.127 e. The zero-order chi connectivity index (χ0) is 14.0. The van der Waals surface area contributed by atoms with Crippen molar-refractivity contribution >= 4 is 22.6 Å². The molecule has 0 fully saturated rings. The van der Waals surface area contributed by atoms with E-state index in [0.29, 0.717) is 5.92 Å². The Morgan fingerprint density at radius 3 is 2.74 bits per heavy atom. The van der Waals surface area contributed by atoms with Gasteiger partial charge in [0.05, 0.1) is 22.1 Å². The van der Waals surface area contributed by atoms with Crippen LogP contribution in [0.4, 0.5) is 0 Å². The van der Waals surface area contributed by atoms with Crippen LogP contribution in [0.1, 0.15) is 45.5 Å². The summed E-state index contributed by atoms with van der Waals surface area (Å²) in [4.78, 5) is 4.71. The predicted molar refractivity (Wildman–Crippen MR) is 81.4 cm³/mol. The number of rotatable bonds is 5. The first kappa shape index (κ1) is 14.4. The van der Waals surface area contributed by atoms with Crippen LogP contribution in [0.3, 0.4) is 0 Å². The van der Waals surface area contributed by atoms with Gasteiger partial charge in [0, 0.05) is 6.54 Å². The predicted octanol–water partition coefficient (Wildman–Crippen LogP) is 4.15. The van der Waals surface area contributed by atoms with Crippen molar-refractivity contribution in [3.05, 3.63) is 29.0 Å². The summed E-state index contributed by atoms with van der Waals surface area (Å²) in [5.41, 5.74) is 8.32. The van der Waals surface area contributed by atoms with Gasteiger partial charge in [0.25, 0.3) is 0 Å². The zero-order valence-corrected chi connectivity index (χ0v) is 12.6. The molecule has 1 aromatic carbocycles. The summed E-state index contributed by atoms with van der Waals surface area (Å²) in [6.45, 7) is 7.38. The van der Waals surface area contributed by atoms with Gasteiger partial charge in [-0.1, -0.05) is 44.9 Å². The molecule has 0 bridgehead atoms. The summed E-state index contributed by atoms with van der Waals surface area (Å²) in [5, 5.41) is 0.751. The molecule has 19 heavy (non-hydrogen) atoms. The molecule has 1 aromatic heterocycles. The summed E-state index contributed by atoms with van der Waals surface area (Å²) in [7, 11) is 0. The molecule has 0 aliphatic rings. The SMILES string of the molecule is CCCn1c(C(N)C(C)CC)nc2cccc(Cl)c21. The molecule has 2 unspecified atom stereocenters. The number of fused-ring (bicyclic) bond motifs is 1. The fourth-order valence-electron chi connectivity index (χ4n) is 2.37. The van der Waals surface area contributed by atoms with Crippen LogP contribution in [0.15, 0.2) is 18.2 Å². The normalized spacial score (nSPS) is 14.8. The van der Waals surface area contributed by atoms with Gasteiger partial charge in [-0.25, -0.2) is 4.98 Å². The number of aromatic nitrogens is 2. The van der Waals surface area contributed by atoms with Crippen molar-refractivity contribution in [2.45, 2.75) is 46.2 Å². The number of imidazole rings is 1. The second kappa shape index (κ2) is 5.93. The number of benzene rings is 1. The van der Waals surface area contributed by atoms with E-state index < -0.39 is 0 Å². The van der Waals surface area contributed by atoms with E-state index in [4.69, 9.17) is 22.3 Å². The Balaban J connectivity index is 2.60. The highest BCUT2D eigenvalue weighted by molar-refractivity contribution is 6.35. The molecule has 0 aliphatic heterocycles. The van der Waals surface area contributed by atoms with Crippen LogP contribution in [0.5, 0.6) is 0 Å². The Hall–Kier alpha value is -1.06. The quantitative estimate of drug-likeness (QED) is 0.894. The minimum absolute atomic E-state index is 0.0417. The van der Waals surface area contributed by atoms with E-state index in [1.165, 1.54) is 0 Å². The molecule has 0 saturated carbocycles. The van der Waals surface area contributed by atoms with Crippen LogP contribution in [0.2, 0.25) is 5.02 Å². The fraction of sp³-hybridized carbons (Fsp3) is 0.533. The minimum Gasteiger partial charge on any atom is -0.325 e. The van der Waals surface area contributed by atoms with E-state index >= 15 is 0 Å². The molecule has 2 rings (SSSR count). The molecule has 4 heteroatoms. The lowest BCUT2D eigenvalue weighted by Crippen LogP contribution is -2.23. The van der Waals surface area contributed by atoms with Crippen LogP contribution in [0, 0.1) is 5.92 Å². The standard InChI is InChI=1S/C15H22ClN3/c1-4-9-19-14-11(16)7-6-8-12(14)18-15(19)13(17)10(3)5-2/h6-8,10,13H,4-5,9,17H2,1-3H3. The monoisotopic (exact) mass is 279 g/mol. The highest BCUT2D eigenvalue weighted by Gasteiger charge is 2.21. The third-order valence-electron chi connectivity index (χ3n) is 3.75. The van der Waals surface area contributed by atoms with E-state index in [1.54, 1.807) is 0 Å². The second-order valence-electron chi connectivity index (χ2n) is 5.14. The smallest absolute Gasteiger partial charge is 0.127 e. The molecule has 0 spiro atoms. The third kappa shape index (κ3) is 2.63. The van der Waals surface area contributed by atoms with Gasteiger partial charge >= 0.3 is 0 Å². The Morgan fingerprint density at radius 2 is 2.11 bits per heavy atom. The van der Waals surface area contributed by atoms with Crippen molar-refractivity contribution in [3.63, 3.8) is 0 Å². The van der Waals surface area contributed by atoms with E-state index in [0.717, 1.165) is 41.3 Å². The van der Waals surface area contributed by atoms with Crippen LogP contribution in [-0.2, 0) is 6.54 Å². The molecular formula is C15H22ClN3. The molecular weight excluding hydrogens is 258 g/mol. The Morgan fingerprint density at radius 1 is 1.37 bits per heavy atom. The topological polar surface area (TPSA) is 43.8 Å². The molecule has 0 radical (unpaired) electrons. The molecule has 2 atom stereocenters. The Kier molecular flexibility index (Phi) is 4.48. The first-order valence-corrected chi connectivity index (χ1v) is 7.38. The van der Waals surface area contributed by atoms with Crippen LogP contribution < -0.4 is 5.73 Å².